The van der Waals surface area contributed by atoms with Crippen molar-refractivity contribution in [3.8, 4) is 22.8 Å². The van der Waals surface area contributed by atoms with Crippen LogP contribution in [0.3, 0.4) is 0 Å². The first-order chi connectivity index (χ1) is 16.2. The highest BCUT2D eigenvalue weighted by molar-refractivity contribution is 7.14. The Morgan fingerprint density at radius 3 is 2.76 bits per heavy atom. The van der Waals surface area contributed by atoms with E-state index < -0.39 is 5.97 Å². The number of esters is 1. The molecule has 8 nitrogen and oxygen atoms in total. The van der Waals surface area contributed by atoms with Crippen LogP contribution in [-0.4, -0.2) is 31.4 Å². The van der Waals surface area contributed by atoms with Gasteiger partial charge in [-0.2, -0.15) is 5.10 Å². The Kier molecular flexibility index (Phi) is 7.01. The zero-order valence-corrected chi connectivity index (χ0v) is 18.8. The van der Waals surface area contributed by atoms with Crippen LogP contribution in [0.4, 0.5) is 5.13 Å². The van der Waals surface area contributed by atoms with Crippen molar-refractivity contribution in [2.45, 2.75) is 6.61 Å². The summed E-state index contributed by atoms with van der Waals surface area (Å²) in [6.45, 7) is 0.135. The summed E-state index contributed by atoms with van der Waals surface area (Å²) in [7, 11) is 2.86. The summed E-state index contributed by atoms with van der Waals surface area (Å²) in [6, 6.07) is 18.6. The van der Waals surface area contributed by atoms with Crippen molar-refractivity contribution < 1.29 is 23.4 Å². The van der Waals surface area contributed by atoms with Gasteiger partial charge in [-0.15, -0.1) is 11.3 Å². The second-order valence-corrected chi connectivity index (χ2v) is 7.59. The van der Waals surface area contributed by atoms with Gasteiger partial charge in [-0.05, 0) is 35.9 Å². The fourth-order valence-electron chi connectivity index (χ4n) is 2.93. The fourth-order valence-corrected chi connectivity index (χ4v) is 3.60. The molecule has 4 aromatic rings. The Hall–Kier alpha value is -4.11. The standard InChI is InChI=1S/C24H21N3O5S/c1-29-22-12-16(8-10-20(22)31-14-18-9-11-21(32-18)23(28)30-2)13-25-27-24-26-19(15-33-24)17-6-4-3-5-7-17/h3-13,15H,14H2,1-2H3,(H,26,27). The van der Waals surface area contributed by atoms with Crippen LogP contribution >= 0.6 is 11.3 Å². The molecule has 2 aromatic heterocycles. The number of methoxy groups -OCH3 is 2. The number of ether oxygens (including phenoxy) is 3. The Labute approximate surface area is 194 Å². The predicted octanol–water partition coefficient (Wildman–Crippen LogP) is 5.22. The molecule has 0 aliphatic carbocycles. The number of benzene rings is 2. The smallest absolute Gasteiger partial charge is 0.373 e. The molecule has 0 radical (unpaired) electrons. The highest BCUT2D eigenvalue weighted by atomic mass is 32.1. The molecule has 0 bridgehead atoms. The van der Waals surface area contributed by atoms with E-state index in [2.05, 4.69) is 20.2 Å². The Morgan fingerprint density at radius 1 is 1.12 bits per heavy atom. The number of nitrogens with zero attached hydrogens (tertiary/aromatic N) is 2. The minimum atomic E-state index is -0.537. The molecule has 0 aliphatic rings. The lowest BCUT2D eigenvalue weighted by molar-refractivity contribution is 0.0561. The van der Waals surface area contributed by atoms with Gasteiger partial charge >= 0.3 is 5.97 Å². The normalized spacial score (nSPS) is 10.8. The molecule has 168 valence electrons. The van der Waals surface area contributed by atoms with Crippen LogP contribution in [0, 0.1) is 0 Å². The summed E-state index contributed by atoms with van der Waals surface area (Å²) in [5.41, 5.74) is 5.73. The summed E-state index contributed by atoms with van der Waals surface area (Å²) < 4.78 is 21.2. The molecule has 0 amide bonds. The highest BCUT2D eigenvalue weighted by Gasteiger charge is 2.12. The van der Waals surface area contributed by atoms with E-state index in [4.69, 9.17) is 13.9 Å². The van der Waals surface area contributed by atoms with Gasteiger partial charge in [0.05, 0.1) is 26.1 Å². The van der Waals surface area contributed by atoms with E-state index in [-0.39, 0.29) is 12.4 Å². The topological polar surface area (TPSA) is 95.2 Å². The maximum Gasteiger partial charge on any atom is 0.373 e. The second-order valence-electron chi connectivity index (χ2n) is 6.73. The Morgan fingerprint density at radius 2 is 1.97 bits per heavy atom. The number of thiazole rings is 1. The first-order valence-corrected chi connectivity index (χ1v) is 10.8. The van der Waals surface area contributed by atoms with E-state index in [1.54, 1.807) is 37.6 Å². The molecule has 0 saturated carbocycles. The molecule has 2 heterocycles. The van der Waals surface area contributed by atoms with Crippen LogP contribution in [0.2, 0.25) is 0 Å². The van der Waals surface area contributed by atoms with Crippen molar-refractivity contribution in [1.82, 2.24) is 4.98 Å². The first kappa shape index (κ1) is 22.1. The number of hydrogen-bond acceptors (Lipinski definition) is 9. The molecule has 4 rings (SSSR count). The van der Waals surface area contributed by atoms with Crippen molar-refractivity contribution >= 4 is 28.7 Å². The molecular weight excluding hydrogens is 442 g/mol. The van der Waals surface area contributed by atoms with Crippen LogP contribution in [0.15, 0.2) is 75.6 Å². The first-order valence-electron chi connectivity index (χ1n) is 9.94. The quantitative estimate of drug-likeness (QED) is 0.206. The third-order valence-electron chi connectivity index (χ3n) is 4.55. The largest absolute Gasteiger partial charge is 0.493 e. The van der Waals surface area contributed by atoms with E-state index in [9.17, 15) is 4.79 Å². The maximum atomic E-state index is 11.5. The fraction of sp³-hybridized carbons (Fsp3) is 0.125. The molecule has 0 atom stereocenters. The van der Waals surface area contributed by atoms with E-state index in [0.29, 0.717) is 22.4 Å². The van der Waals surface area contributed by atoms with Gasteiger partial charge in [0.1, 0.15) is 12.4 Å². The van der Waals surface area contributed by atoms with Crippen LogP contribution in [-0.2, 0) is 11.3 Å². The molecule has 0 spiro atoms. The number of anilines is 1. The average molecular weight is 464 g/mol. The SMILES string of the molecule is COC(=O)c1ccc(COc2ccc(C=NNc3nc(-c4ccccc4)cs3)cc2OC)o1. The molecule has 33 heavy (non-hydrogen) atoms. The van der Waals surface area contributed by atoms with Crippen molar-refractivity contribution in [3.05, 3.63) is 83.1 Å². The third-order valence-corrected chi connectivity index (χ3v) is 5.30. The molecule has 0 aliphatic heterocycles. The zero-order chi connectivity index (χ0) is 23.0. The van der Waals surface area contributed by atoms with Gasteiger partial charge in [0.2, 0.25) is 10.9 Å². The lowest BCUT2D eigenvalue weighted by atomic mass is 10.2. The monoisotopic (exact) mass is 463 g/mol. The number of carbonyl (C=O) groups excluding carboxylic acids is 1. The van der Waals surface area contributed by atoms with Crippen LogP contribution in [0.5, 0.6) is 11.5 Å². The molecule has 0 fully saturated rings. The lowest BCUT2D eigenvalue weighted by Gasteiger charge is -2.10. The van der Waals surface area contributed by atoms with Gasteiger partial charge in [0.15, 0.2) is 11.5 Å². The number of nitrogens with one attached hydrogen (secondary N) is 1. The van der Waals surface area contributed by atoms with Gasteiger partial charge in [-0.1, -0.05) is 30.3 Å². The number of hydrazone groups is 1. The van der Waals surface area contributed by atoms with Crippen LogP contribution < -0.4 is 14.9 Å². The molecule has 1 N–H and O–H groups in total. The minimum Gasteiger partial charge on any atom is -0.493 e. The number of aromatic nitrogens is 1. The summed E-state index contributed by atoms with van der Waals surface area (Å²) in [6.07, 6.45) is 1.67. The van der Waals surface area contributed by atoms with Gasteiger partial charge in [-0.3, -0.25) is 5.43 Å². The van der Waals surface area contributed by atoms with Crippen molar-refractivity contribution in [1.29, 1.82) is 0 Å². The molecular formula is C24H21N3O5S. The van der Waals surface area contributed by atoms with Gasteiger partial charge < -0.3 is 18.6 Å². The van der Waals surface area contributed by atoms with Crippen molar-refractivity contribution in [2.24, 2.45) is 5.10 Å². The van der Waals surface area contributed by atoms with E-state index in [1.165, 1.54) is 18.4 Å². The zero-order valence-electron chi connectivity index (χ0n) is 18.0. The Balaban J connectivity index is 1.36. The summed E-state index contributed by atoms with van der Waals surface area (Å²) in [5, 5.41) is 6.94. The van der Waals surface area contributed by atoms with E-state index in [0.717, 1.165) is 16.8 Å². The summed E-state index contributed by atoms with van der Waals surface area (Å²) >= 11 is 1.48. The van der Waals surface area contributed by atoms with Crippen LogP contribution in [0.25, 0.3) is 11.3 Å². The number of hydrogen-bond donors (Lipinski definition) is 1. The van der Waals surface area contributed by atoms with Gasteiger partial charge in [0, 0.05) is 10.9 Å². The van der Waals surface area contributed by atoms with Crippen molar-refractivity contribution in [3.63, 3.8) is 0 Å². The van der Waals surface area contributed by atoms with E-state index >= 15 is 0 Å². The summed E-state index contributed by atoms with van der Waals surface area (Å²) in [5.74, 6) is 1.15. The average Bonchev–Trinajstić information content (AvgIpc) is 3.53. The highest BCUT2D eigenvalue weighted by Crippen LogP contribution is 2.29. The molecule has 0 saturated heterocycles. The molecule has 9 heteroatoms. The van der Waals surface area contributed by atoms with E-state index in [1.807, 2.05) is 41.8 Å². The predicted molar refractivity (Wildman–Crippen MR) is 126 cm³/mol. The number of furan rings is 1. The summed E-state index contributed by atoms with van der Waals surface area (Å²) in [4.78, 5) is 16.0. The minimum absolute atomic E-state index is 0.123. The number of carbonyl (C=O) groups is 1. The Bertz CT molecular complexity index is 1250. The van der Waals surface area contributed by atoms with Crippen molar-refractivity contribution in [2.75, 3.05) is 19.6 Å². The number of rotatable bonds is 9. The second kappa shape index (κ2) is 10.5. The lowest BCUT2D eigenvalue weighted by Crippen LogP contribution is -1.99. The van der Waals surface area contributed by atoms with Crippen LogP contribution in [0.1, 0.15) is 21.9 Å². The molecule has 0 unspecified atom stereocenters. The molecule has 2 aromatic carbocycles. The maximum absolute atomic E-state index is 11.5. The van der Waals surface area contributed by atoms with Gasteiger partial charge in [-0.25, -0.2) is 9.78 Å². The third kappa shape index (κ3) is 5.58. The van der Waals surface area contributed by atoms with Gasteiger partial charge in [0.25, 0.3) is 0 Å².